The van der Waals surface area contributed by atoms with Crippen molar-refractivity contribution in [2.45, 2.75) is 20.3 Å². The van der Waals surface area contributed by atoms with Gasteiger partial charge in [0, 0.05) is 0 Å². The molecular weight excluding hydrogens is 330 g/mol. The molecule has 0 aliphatic carbocycles. The molecular formula is C14H15Cl2Zr. The minimum absolute atomic E-state index is 0. The van der Waals surface area contributed by atoms with Crippen LogP contribution in [-0.2, 0) is 32.6 Å². The van der Waals surface area contributed by atoms with E-state index in [1.54, 1.807) is 0 Å². The summed E-state index contributed by atoms with van der Waals surface area (Å²) >= 11 is 0. The maximum absolute atomic E-state index is 2.21. The van der Waals surface area contributed by atoms with Crippen molar-refractivity contribution in [3.63, 3.8) is 0 Å². The smallest absolute Gasteiger partial charge is 1.00 e. The van der Waals surface area contributed by atoms with Gasteiger partial charge in [-0.05, 0) is 6.42 Å². The largest absolute Gasteiger partial charge is 3.00 e. The first-order chi connectivity index (χ1) is 6.81. The minimum atomic E-state index is 0. The van der Waals surface area contributed by atoms with Crippen LogP contribution in [0.5, 0.6) is 0 Å². The Kier molecular flexibility index (Phi) is 10.3. The molecule has 89 valence electrons. The van der Waals surface area contributed by atoms with Crippen molar-refractivity contribution in [1.82, 2.24) is 0 Å². The summed E-state index contributed by atoms with van der Waals surface area (Å²) in [6, 6.07) is 15.3. The average Bonchev–Trinajstić information content (AvgIpc) is 2.65. The molecule has 3 heteroatoms. The van der Waals surface area contributed by atoms with E-state index in [1.807, 2.05) is 0 Å². The average molecular weight is 345 g/mol. The van der Waals surface area contributed by atoms with Crippen molar-refractivity contribution in [1.29, 1.82) is 0 Å². The second kappa shape index (κ2) is 9.03. The van der Waals surface area contributed by atoms with Crippen LogP contribution in [0.4, 0.5) is 0 Å². The number of rotatable bonds is 2. The maximum atomic E-state index is 2.21. The Morgan fingerprint density at radius 2 is 1.59 bits per heavy atom. The van der Waals surface area contributed by atoms with Crippen LogP contribution in [0.3, 0.4) is 0 Å². The fraction of sp³-hybridized carbons (Fsp3) is 0.214. The minimum Gasteiger partial charge on any atom is -1.00 e. The van der Waals surface area contributed by atoms with Crippen LogP contribution >= 0.6 is 0 Å². The molecule has 0 N–H and O–H groups in total. The summed E-state index contributed by atoms with van der Waals surface area (Å²) in [6.45, 7) is 4.34. The Morgan fingerprint density at radius 3 is 2.00 bits per heavy atom. The summed E-state index contributed by atoms with van der Waals surface area (Å²) in [5, 5.41) is 0. The monoisotopic (exact) mass is 343 g/mol. The quantitative estimate of drug-likeness (QED) is 0.550. The summed E-state index contributed by atoms with van der Waals surface area (Å²) < 4.78 is 0. The molecule has 0 unspecified atom stereocenters. The maximum Gasteiger partial charge on any atom is 3.00 e. The van der Waals surface area contributed by atoms with E-state index in [-0.39, 0.29) is 51.0 Å². The SMILES string of the molecule is CCc1ccc(-[c-]2cccc2C)cc1.[Cl-].[Cl-].[Zr+3]. The second-order valence-electron chi connectivity index (χ2n) is 3.67. The van der Waals surface area contributed by atoms with Crippen LogP contribution in [0.1, 0.15) is 18.1 Å². The summed E-state index contributed by atoms with van der Waals surface area (Å²) in [4.78, 5) is 0. The second-order valence-corrected chi connectivity index (χ2v) is 3.67. The van der Waals surface area contributed by atoms with E-state index < -0.39 is 0 Å². The van der Waals surface area contributed by atoms with Gasteiger partial charge >= 0.3 is 26.2 Å². The molecule has 0 aliphatic rings. The molecule has 0 amide bonds. The van der Waals surface area contributed by atoms with Gasteiger partial charge in [0.1, 0.15) is 0 Å². The Balaban J connectivity index is 0. The predicted octanol–water partition coefficient (Wildman–Crippen LogP) is -2.05. The van der Waals surface area contributed by atoms with Crippen LogP contribution in [0.15, 0.2) is 42.5 Å². The van der Waals surface area contributed by atoms with E-state index in [2.05, 4.69) is 56.3 Å². The van der Waals surface area contributed by atoms with Gasteiger partial charge in [-0.1, -0.05) is 37.1 Å². The first-order valence-electron chi connectivity index (χ1n) is 5.13. The molecule has 0 atom stereocenters. The van der Waals surface area contributed by atoms with E-state index in [9.17, 15) is 0 Å². The molecule has 2 aromatic carbocycles. The number of hydrogen-bond acceptors (Lipinski definition) is 0. The third-order valence-corrected chi connectivity index (χ3v) is 2.71. The molecule has 0 heterocycles. The van der Waals surface area contributed by atoms with Crippen molar-refractivity contribution in [2.75, 3.05) is 0 Å². The zero-order chi connectivity index (χ0) is 9.97. The van der Waals surface area contributed by atoms with Gasteiger partial charge in [0.15, 0.2) is 0 Å². The van der Waals surface area contributed by atoms with Gasteiger partial charge in [-0.2, -0.15) is 6.07 Å². The van der Waals surface area contributed by atoms with Crippen LogP contribution in [-0.4, -0.2) is 0 Å². The first-order valence-corrected chi connectivity index (χ1v) is 5.13. The Hall–Kier alpha value is 0.0331. The Bertz CT molecular complexity index is 418. The van der Waals surface area contributed by atoms with Crippen LogP contribution in [0.25, 0.3) is 11.1 Å². The molecule has 0 fully saturated rings. The zero-order valence-corrected chi connectivity index (χ0v) is 14.0. The van der Waals surface area contributed by atoms with Gasteiger partial charge in [-0.3, -0.25) is 0 Å². The van der Waals surface area contributed by atoms with Gasteiger partial charge in [0.2, 0.25) is 0 Å². The van der Waals surface area contributed by atoms with Gasteiger partial charge in [-0.15, -0.1) is 35.4 Å². The van der Waals surface area contributed by atoms with Gasteiger partial charge < -0.3 is 24.8 Å². The van der Waals surface area contributed by atoms with Crippen molar-refractivity contribution < 1.29 is 51.0 Å². The molecule has 0 spiro atoms. The normalized spacial score (nSPS) is 8.59. The van der Waals surface area contributed by atoms with E-state index in [1.165, 1.54) is 22.3 Å². The third-order valence-electron chi connectivity index (χ3n) is 2.71. The fourth-order valence-electron chi connectivity index (χ4n) is 1.75. The number of halogens is 2. The molecule has 0 saturated heterocycles. The van der Waals surface area contributed by atoms with Gasteiger partial charge in [0.25, 0.3) is 0 Å². The van der Waals surface area contributed by atoms with Gasteiger partial charge in [-0.25, -0.2) is 0 Å². The summed E-state index contributed by atoms with van der Waals surface area (Å²) in [6.07, 6.45) is 1.11. The molecule has 2 rings (SSSR count). The molecule has 0 aromatic heterocycles. The van der Waals surface area contributed by atoms with Crippen molar-refractivity contribution >= 4 is 0 Å². The molecule has 17 heavy (non-hydrogen) atoms. The van der Waals surface area contributed by atoms with E-state index in [4.69, 9.17) is 0 Å². The summed E-state index contributed by atoms with van der Waals surface area (Å²) in [7, 11) is 0. The van der Waals surface area contributed by atoms with Crippen molar-refractivity contribution in [3.05, 3.63) is 53.6 Å². The standard InChI is InChI=1S/C14H15.2ClH.Zr/c1-3-12-7-9-13(10-8-12)14-6-4-5-11(14)2;;;/h4-10H,3H2,1-2H3;2*1H;/q-1;;;+3/p-2. The van der Waals surface area contributed by atoms with E-state index in [0.717, 1.165) is 6.42 Å². The Morgan fingerprint density at radius 1 is 1.00 bits per heavy atom. The summed E-state index contributed by atoms with van der Waals surface area (Å²) in [5.74, 6) is 0. The van der Waals surface area contributed by atoms with E-state index in [0.29, 0.717) is 0 Å². The van der Waals surface area contributed by atoms with Crippen LogP contribution < -0.4 is 24.8 Å². The Labute approximate surface area is 135 Å². The van der Waals surface area contributed by atoms with E-state index >= 15 is 0 Å². The van der Waals surface area contributed by atoms with Crippen molar-refractivity contribution in [2.24, 2.45) is 0 Å². The van der Waals surface area contributed by atoms with Gasteiger partial charge in [0.05, 0.1) is 0 Å². The zero-order valence-electron chi connectivity index (χ0n) is 10.0. The topological polar surface area (TPSA) is 0 Å². The number of benzene rings is 1. The first kappa shape index (κ1) is 19.4. The molecule has 0 nitrogen and oxygen atoms in total. The van der Waals surface area contributed by atoms with Crippen molar-refractivity contribution in [3.8, 4) is 11.1 Å². The molecule has 1 radical (unpaired) electrons. The fourth-order valence-corrected chi connectivity index (χ4v) is 1.75. The predicted molar refractivity (Wildman–Crippen MR) is 61.6 cm³/mol. The molecule has 2 aromatic rings. The van der Waals surface area contributed by atoms with Crippen LogP contribution in [0.2, 0.25) is 0 Å². The molecule has 0 saturated carbocycles. The molecule has 0 aliphatic heterocycles. The number of aryl methyl sites for hydroxylation is 2. The summed E-state index contributed by atoms with van der Waals surface area (Å²) in [5.41, 5.74) is 5.43. The molecule has 0 bridgehead atoms. The third kappa shape index (κ3) is 4.66. The number of hydrogen-bond donors (Lipinski definition) is 0. The van der Waals surface area contributed by atoms with Crippen LogP contribution in [0, 0.1) is 6.92 Å².